The lowest BCUT2D eigenvalue weighted by Gasteiger charge is -2.05. The molecule has 5 nitrogen and oxygen atoms in total. The van der Waals surface area contributed by atoms with Gasteiger partial charge in [-0.3, -0.25) is 0 Å². The molecule has 0 spiro atoms. The standard InChI is InChI=1S/C12H10N4O/c1-14-9-2-4-11(5-3-9)17-12-8-15-10(6-13)7-16-12/h2-5,7-8,14H,1H3. The minimum atomic E-state index is 0.267. The molecular formula is C12H10N4O. The third-order valence-electron chi connectivity index (χ3n) is 2.11. The molecule has 1 aromatic heterocycles. The Balaban J connectivity index is 2.11. The maximum Gasteiger partial charge on any atom is 0.237 e. The Morgan fingerprint density at radius 3 is 2.47 bits per heavy atom. The van der Waals surface area contributed by atoms with Gasteiger partial charge < -0.3 is 10.1 Å². The summed E-state index contributed by atoms with van der Waals surface area (Å²) in [6.45, 7) is 0. The second-order valence-corrected chi connectivity index (χ2v) is 3.23. The van der Waals surface area contributed by atoms with Gasteiger partial charge in [-0.2, -0.15) is 5.26 Å². The van der Waals surface area contributed by atoms with Crippen molar-refractivity contribution >= 4 is 5.69 Å². The van der Waals surface area contributed by atoms with Gasteiger partial charge in [-0.25, -0.2) is 9.97 Å². The molecule has 0 saturated heterocycles. The molecule has 1 aromatic carbocycles. The van der Waals surface area contributed by atoms with Crippen molar-refractivity contribution in [1.29, 1.82) is 5.26 Å². The number of anilines is 1. The van der Waals surface area contributed by atoms with Crippen molar-refractivity contribution in [3.05, 3.63) is 42.4 Å². The number of nitrogens with one attached hydrogen (secondary N) is 1. The van der Waals surface area contributed by atoms with Gasteiger partial charge >= 0.3 is 0 Å². The Labute approximate surface area is 98.7 Å². The van der Waals surface area contributed by atoms with Crippen LogP contribution in [0.1, 0.15) is 5.69 Å². The van der Waals surface area contributed by atoms with Crippen molar-refractivity contribution in [1.82, 2.24) is 9.97 Å². The van der Waals surface area contributed by atoms with E-state index in [4.69, 9.17) is 10.00 Å². The SMILES string of the molecule is CNc1ccc(Oc2cnc(C#N)cn2)cc1. The topological polar surface area (TPSA) is 70.8 Å². The van der Waals surface area contributed by atoms with Crippen LogP contribution in [0.2, 0.25) is 0 Å². The number of nitrogens with zero attached hydrogens (tertiary/aromatic N) is 3. The average molecular weight is 226 g/mol. The Bertz CT molecular complexity index is 528. The molecule has 2 rings (SSSR count). The lowest BCUT2D eigenvalue weighted by molar-refractivity contribution is 0.460. The summed E-state index contributed by atoms with van der Waals surface area (Å²) in [6.07, 6.45) is 2.79. The van der Waals surface area contributed by atoms with E-state index in [0.717, 1.165) is 5.69 Å². The van der Waals surface area contributed by atoms with Crippen LogP contribution in [0, 0.1) is 11.3 Å². The molecule has 0 bridgehead atoms. The maximum atomic E-state index is 8.58. The van der Waals surface area contributed by atoms with E-state index in [9.17, 15) is 0 Å². The second kappa shape index (κ2) is 4.94. The highest BCUT2D eigenvalue weighted by atomic mass is 16.5. The van der Waals surface area contributed by atoms with Crippen LogP contribution in [-0.2, 0) is 0 Å². The van der Waals surface area contributed by atoms with Crippen molar-refractivity contribution in [3.63, 3.8) is 0 Å². The molecule has 0 atom stereocenters. The average Bonchev–Trinajstić information content (AvgIpc) is 2.40. The zero-order chi connectivity index (χ0) is 12.1. The first-order valence-corrected chi connectivity index (χ1v) is 4.99. The Kier molecular flexibility index (Phi) is 3.17. The van der Waals surface area contributed by atoms with Crippen molar-refractivity contribution in [2.24, 2.45) is 0 Å². The molecule has 5 heteroatoms. The summed E-state index contributed by atoms with van der Waals surface area (Å²) in [5.74, 6) is 1.03. The van der Waals surface area contributed by atoms with Gasteiger partial charge in [0.2, 0.25) is 5.88 Å². The fourth-order valence-corrected chi connectivity index (χ4v) is 1.24. The van der Waals surface area contributed by atoms with E-state index in [1.807, 2.05) is 37.4 Å². The van der Waals surface area contributed by atoms with Crippen LogP contribution >= 0.6 is 0 Å². The van der Waals surface area contributed by atoms with Crippen LogP contribution in [0.5, 0.6) is 11.6 Å². The van der Waals surface area contributed by atoms with Crippen LogP contribution in [-0.4, -0.2) is 17.0 Å². The molecule has 0 aliphatic heterocycles. The molecule has 0 saturated carbocycles. The second-order valence-electron chi connectivity index (χ2n) is 3.23. The maximum absolute atomic E-state index is 8.58. The normalized spacial score (nSPS) is 9.41. The lowest BCUT2D eigenvalue weighted by Crippen LogP contribution is -1.92. The highest BCUT2D eigenvalue weighted by molar-refractivity contribution is 5.46. The van der Waals surface area contributed by atoms with Crippen LogP contribution in [0.15, 0.2) is 36.7 Å². The van der Waals surface area contributed by atoms with Gasteiger partial charge in [-0.05, 0) is 24.3 Å². The van der Waals surface area contributed by atoms with Crippen molar-refractivity contribution in [3.8, 4) is 17.7 Å². The highest BCUT2D eigenvalue weighted by Gasteiger charge is 2.00. The molecule has 0 amide bonds. The molecule has 84 valence electrons. The van der Waals surface area contributed by atoms with E-state index in [1.54, 1.807) is 0 Å². The largest absolute Gasteiger partial charge is 0.438 e. The third kappa shape index (κ3) is 2.69. The van der Waals surface area contributed by atoms with Crippen LogP contribution in [0.4, 0.5) is 5.69 Å². The molecule has 0 radical (unpaired) electrons. The Morgan fingerprint density at radius 1 is 1.18 bits per heavy atom. The number of aromatic nitrogens is 2. The summed E-state index contributed by atoms with van der Waals surface area (Å²) < 4.78 is 5.47. The summed E-state index contributed by atoms with van der Waals surface area (Å²) >= 11 is 0. The molecule has 1 N–H and O–H groups in total. The zero-order valence-corrected chi connectivity index (χ0v) is 9.21. The summed E-state index contributed by atoms with van der Waals surface area (Å²) in [7, 11) is 1.85. The first kappa shape index (κ1) is 10.9. The zero-order valence-electron chi connectivity index (χ0n) is 9.21. The van der Waals surface area contributed by atoms with Gasteiger partial charge in [0.15, 0.2) is 5.69 Å². The summed E-state index contributed by atoms with van der Waals surface area (Å²) in [5, 5.41) is 11.6. The van der Waals surface area contributed by atoms with Crippen LogP contribution < -0.4 is 10.1 Å². The number of rotatable bonds is 3. The molecule has 1 heterocycles. The van der Waals surface area contributed by atoms with Crippen molar-refractivity contribution in [2.75, 3.05) is 12.4 Å². The molecular weight excluding hydrogens is 216 g/mol. The number of hydrogen-bond acceptors (Lipinski definition) is 5. The lowest BCUT2D eigenvalue weighted by atomic mass is 10.3. The molecule has 0 aliphatic carbocycles. The van der Waals surface area contributed by atoms with Gasteiger partial charge in [-0.15, -0.1) is 0 Å². The minimum absolute atomic E-state index is 0.267. The van der Waals surface area contributed by atoms with E-state index < -0.39 is 0 Å². The highest BCUT2D eigenvalue weighted by Crippen LogP contribution is 2.20. The number of nitriles is 1. The van der Waals surface area contributed by atoms with E-state index in [2.05, 4.69) is 15.3 Å². The third-order valence-corrected chi connectivity index (χ3v) is 2.11. The van der Waals surface area contributed by atoms with Crippen molar-refractivity contribution < 1.29 is 4.74 Å². The Morgan fingerprint density at radius 2 is 1.94 bits per heavy atom. The molecule has 0 aliphatic rings. The minimum Gasteiger partial charge on any atom is -0.438 e. The molecule has 0 fully saturated rings. The predicted octanol–water partition coefficient (Wildman–Crippen LogP) is 2.18. The van der Waals surface area contributed by atoms with Crippen molar-refractivity contribution in [2.45, 2.75) is 0 Å². The quantitative estimate of drug-likeness (QED) is 0.868. The fourth-order valence-electron chi connectivity index (χ4n) is 1.24. The van der Waals surface area contributed by atoms with Crippen LogP contribution in [0.25, 0.3) is 0 Å². The number of hydrogen-bond donors (Lipinski definition) is 1. The molecule has 17 heavy (non-hydrogen) atoms. The van der Waals surface area contributed by atoms with Gasteiger partial charge in [0.1, 0.15) is 11.8 Å². The Hall–Kier alpha value is -2.61. The summed E-state index contributed by atoms with van der Waals surface area (Å²) in [6, 6.07) is 9.34. The molecule has 2 aromatic rings. The van der Waals surface area contributed by atoms with Gasteiger partial charge in [-0.1, -0.05) is 0 Å². The first-order chi connectivity index (χ1) is 8.31. The smallest absolute Gasteiger partial charge is 0.237 e. The number of ether oxygens (including phenoxy) is 1. The van der Waals surface area contributed by atoms with E-state index in [0.29, 0.717) is 11.6 Å². The van der Waals surface area contributed by atoms with E-state index >= 15 is 0 Å². The molecule has 0 unspecified atom stereocenters. The summed E-state index contributed by atoms with van der Waals surface area (Å²) in [5.41, 5.74) is 1.27. The van der Waals surface area contributed by atoms with E-state index in [-0.39, 0.29) is 5.69 Å². The fraction of sp³-hybridized carbons (Fsp3) is 0.0833. The van der Waals surface area contributed by atoms with E-state index in [1.165, 1.54) is 12.4 Å². The first-order valence-electron chi connectivity index (χ1n) is 4.99. The summed E-state index contributed by atoms with van der Waals surface area (Å²) in [4.78, 5) is 7.83. The van der Waals surface area contributed by atoms with Gasteiger partial charge in [0, 0.05) is 12.7 Å². The van der Waals surface area contributed by atoms with Gasteiger partial charge in [0.05, 0.1) is 12.4 Å². The number of benzene rings is 1. The van der Waals surface area contributed by atoms with Gasteiger partial charge in [0.25, 0.3) is 0 Å². The van der Waals surface area contributed by atoms with Crippen LogP contribution in [0.3, 0.4) is 0 Å². The predicted molar refractivity (Wildman–Crippen MR) is 62.8 cm³/mol. The monoisotopic (exact) mass is 226 g/mol.